The first-order chi connectivity index (χ1) is 11.5. The van der Waals surface area contributed by atoms with E-state index >= 15 is 0 Å². The molecule has 1 atom stereocenters. The van der Waals surface area contributed by atoms with Gasteiger partial charge in [-0.25, -0.2) is 9.97 Å². The van der Waals surface area contributed by atoms with Crippen molar-refractivity contribution in [3.63, 3.8) is 0 Å². The monoisotopic (exact) mass is 331 g/mol. The summed E-state index contributed by atoms with van der Waals surface area (Å²) in [5.74, 6) is 1.15. The lowest BCUT2D eigenvalue weighted by Gasteiger charge is -2.38. The van der Waals surface area contributed by atoms with E-state index in [4.69, 9.17) is 0 Å². The van der Waals surface area contributed by atoms with E-state index in [1.807, 2.05) is 19.3 Å². The van der Waals surface area contributed by atoms with Crippen molar-refractivity contribution in [1.82, 2.24) is 19.8 Å². The van der Waals surface area contributed by atoms with Gasteiger partial charge in [0.05, 0.1) is 0 Å². The molecule has 6 heteroatoms. The van der Waals surface area contributed by atoms with E-state index in [9.17, 15) is 4.79 Å². The number of carbonyl (C=O) groups is 1. The van der Waals surface area contributed by atoms with Crippen LogP contribution in [0.5, 0.6) is 0 Å². The van der Waals surface area contributed by atoms with Crippen molar-refractivity contribution in [2.24, 2.45) is 0 Å². The number of hydrogen-bond acceptors (Lipinski definition) is 5. The van der Waals surface area contributed by atoms with Crippen LogP contribution < -0.4 is 4.90 Å². The van der Waals surface area contributed by atoms with Gasteiger partial charge in [0.15, 0.2) is 0 Å². The molecule has 1 spiro atoms. The van der Waals surface area contributed by atoms with Gasteiger partial charge in [0.2, 0.25) is 11.9 Å². The second kappa shape index (κ2) is 7.05. The van der Waals surface area contributed by atoms with Crippen LogP contribution in [0.1, 0.15) is 37.7 Å². The molecule has 2 saturated heterocycles. The highest BCUT2D eigenvalue weighted by atomic mass is 16.2. The Morgan fingerprint density at radius 1 is 1.17 bits per heavy atom. The van der Waals surface area contributed by atoms with Gasteiger partial charge in [-0.3, -0.25) is 4.79 Å². The second-order valence-corrected chi connectivity index (χ2v) is 7.47. The summed E-state index contributed by atoms with van der Waals surface area (Å²) in [6.07, 6.45) is 8.66. The van der Waals surface area contributed by atoms with Crippen molar-refractivity contribution >= 4 is 11.9 Å². The van der Waals surface area contributed by atoms with E-state index in [-0.39, 0.29) is 5.54 Å². The summed E-state index contributed by atoms with van der Waals surface area (Å²) in [6, 6.07) is 0. The predicted molar refractivity (Wildman–Crippen MR) is 95.1 cm³/mol. The molecule has 2 aliphatic heterocycles. The molecule has 1 amide bonds. The third kappa shape index (κ3) is 3.53. The molecule has 6 nitrogen and oxygen atoms in total. The third-order valence-corrected chi connectivity index (χ3v) is 5.42. The molecule has 0 unspecified atom stereocenters. The average Bonchev–Trinajstić information content (AvgIpc) is 2.72. The molecule has 2 aliphatic rings. The van der Waals surface area contributed by atoms with E-state index in [0.29, 0.717) is 12.3 Å². The van der Waals surface area contributed by atoms with E-state index in [0.717, 1.165) is 63.4 Å². The van der Waals surface area contributed by atoms with Gasteiger partial charge in [-0.15, -0.1) is 0 Å². The molecule has 1 aromatic heterocycles. The number of nitrogens with zero attached hydrogens (tertiary/aromatic N) is 5. The Morgan fingerprint density at radius 3 is 2.62 bits per heavy atom. The number of aromatic nitrogens is 2. The lowest BCUT2D eigenvalue weighted by Crippen LogP contribution is -2.48. The molecule has 0 radical (unpaired) electrons. The predicted octanol–water partition coefficient (Wildman–Crippen LogP) is 1.70. The fourth-order valence-electron chi connectivity index (χ4n) is 3.98. The Kier molecular flexibility index (Phi) is 5.04. The first-order valence-corrected chi connectivity index (χ1v) is 8.99. The Labute approximate surface area is 144 Å². The quantitative estimate of drug-likeness (QED) is 0.840. The summed E-state index contributed by atoms with van der Waals surface area (Å²) in [7, 11) is 4.13. The standard InChI is InChI=1S/C18H29N5O/c1-15-13-19-17(20-14-15)22-9-4-6-18(8-10-22)7-5-16(24)23(18)12-11-21(2)3/h13-14H,4-12H2,1-3H3/t18-/m0/s1. The maximum Gasteiger partial charge on any atom is 0.225 e. The molecule has 3 heterocycles. The maximum atomic E-state index is 12.4. The highest BCUT2D eigenvalue weighted by Gasteiger charge is 2.45. The van der Waals surface area contributed by atoms with Gasteiger partial charge in [0.1, 0.15) is 0 Å². The van der Waals surface area contributed by atoms with E-state index < -0.39 is 0 Å². The normalized spacial score (nSPS) is 24.9. The second-order valence-electron chi connectivity index (χ2n) is 7.47. The SMILES string of the molecule is Cc1cnc(N2CCC[C@]3(CCC(=O)N3CCN(C)C)CC2)nc1. The zero-order chi connectivity index (χ0) is 17.2. The van der Waals surface area contributed by atoms with Crippen molar-refractivity contribution < 1.29 is 4.79 Å². The van der Waals surface area contributed by atoms with Crippen LogP contribution in [-0.2, 0) is 4.79 Å². The minimum absolute atomic E-state index is 0.0482. The first kappa shape index (κ1) is 17.1. The van der Waals surface area contributed by atoms with Crippen LogP contribution >= 0.6 is 0 Å². The summed E-state index contributed by atoms with van der Waals surface area (Å²) >= 11 is 0. The zero-order valence-electron chi connectivity index (χ0n) is 15.2. The highest BCUT2D eigenvalue weighted by molar-refractivity contribution is 5.79. The summed E-state index contributed by atoms with van der Waals surface area (Å²) in [5.41, 5.74) is 1.13. The molecule has 1 aromatic rings. The minimum Gasteiger partial charge on any atom is -0.341 e. The Balaban J connectivity index is 1.71. The minimum atomic E-state index is 0.0482. The van der Waals surface area contributed by atoms with Crippen LogP contribution in [0.2, 0.25) is 0 Å². The number of anilines is 1. The number of hydrogen-bond donors (Lipinski definition) is 0. The van der Waals surface area contributed by atoms with E-state index in [1.54, 1.807) is 0 Å². The first-order valence-electron chi connectivity index (χ1n) is 8.99. The van der Waals surface area contributed by atoms with Crippen molar-refractivity contribution in [1.29, 1.82) is 0 Å². The van der Waals surface area contributed by atoms with Crippen LogP contribution in [0, 0.1) is 6.92 Å². The van der Waals surface area contributed by atoms with Gasteiger partial charge in [-0.2, -0.15) is 0 Å². The summed E-state index contributed by atoms with van der Waals surface area (Å²) in [4.78, 5) is 28.0. The fourth-order valence-corrected chi connectivity index (χ4v) is 3.98. The van der Waals surface area contributed by atoms with Gasteiger partial charge in [0, 0.05) is 50.5 Å². The van der Waals surface area contributed by atoms with Crippen molar-refractivity contribution in [3.8, 4) is 0 Å². The van der Waals surface area contributed by atoms with Crippen molar-refractivity contribution in [2.75, 3.05) is 45.2 Å². The van der Waals surface area contributed by atoms with Gasteiger partial charge < -0.3 is 14.7 Å². The molecule has 132 valence electrons. The highest BCUT2D eigenvalue weighted by Crippen LogP contribution is 2.39. The molecule has 0 bridgehead atoms. The molecule has 2 fully saturated rings. The van der Waals surface area contributed by atoms with Crippen LogP contribution in [0.4, 0.5) is 5.95 Å². The van der Waals surface area contributed by atoms with Crippen LogP contribution in [0.3, 0.4) is 0 Å². The number of aryl methyl sites for hydroxylation is 1. The smallest absolute Gasteiger partial charge is 0.225 e. The van der Waals surface area contributed by atoms with Crippen molar-refractivity contribution in [2.45, 2.75) is 44.6 Å². The summed E-state index contributed by atoms with van der Waals surface area (Å²) in [5, 5.41) is 0. The van der Waals surface area contributed by atoms with Crippen LogP contribution in [-0.4, -0.2) is 71.5 Å². The number of likely N-dealkylation sites (N-methyl/N-ethyl adjacent to an activating group) is 1. The Morgan fingerprint density at radius 2 is 1.92 bits per heavy atom. The molecular formula is C18H29N5O. The van der Waals surface area contributed by atoms with E-state index in [1.165, 1.54) is 0 Å². The van der Waals surface area contributed by atoms with Gasteiger partial charge >= 0.3 is 0 Å². The van der Waals surface area contributed by atoms with E-state index in [2.05, 4.69) is 38.8 Å². The van der Waals surface area contributed by atoms with Gasteiger partial charge in [0.25, 0.3) is 0 Å². The number of likely N-dealkylation sites (tertiary alicyclic amines) is 1. The average molecular weight is 331 g/mol. The number of amides is 1. The molecule has 0 aromatic carbocycles. The van der Waals surface area contributed by atoms with Gasteiger partial charge in [-0.1, -0.05) is 0 Å². The Hall–Kier alpha value is -1.69. The molecule has 24 heavy (non-hydrogen) atoms. The van der Waals surface area contributed by atoms with Crippen LogP contribution in [0.25, 0.3) is 0 Å². The summed E-state index contributed by atoms with van der Waals surface area (Å²) < 4.78 is 0. The molecule has 0 N–H and O–H groups in total. The van der Waals surface area contributed by atoms with Crippen molar-refractivity contribution in [3.05, 3.63) is 18.0 Å². The lowest BCUT2D eigenvalue weighted by molar-refractivity contribution is -0.131. The molecule has 0 aliphatic carbocycles. The molecule has 3 rings (SSSR count). The maximum absolute atomic E-state index is 12.4. The molecule has 0 saturated carbocycles. The number of rotatable bonds is 4. The zero-order valence-corrected chi connectivity index (χ0v) is 15.2. The topological polar surface area (TPSA) is 52.6 Å². The fraction of sp³-hybridized carbons (Fsp3) is 0.722. The molecular weight excluding hydrogens is 302 g/mol. The number of carbonyl (C=O) groups excluding carboxylic acids is 1. The lowest BCUT2D eigenvalue weighted by atomic mass is 9.87. The largest absolute Gasteiger partial charge is 0.341 e. The Bertz CT molecular complexity index is 573. The summed E-state index contributed by atoms with van der Waals surface area (Å²) in [6.45, 7) is 5.68. The third-order valence-electron chi connectivity index (χ3n) is 5.42. The van der Waals surface area contributed by atoms with Gasteiger partial charge in [-0.05, 0) is 52.3 Å². The van der Waals surface area contributed by atoms with Crippen LogP contribution in [0.15, 0.2) is 12.4 Å².